The van der Waals surface area contributed by atoms with Crippen molar-refractivity contribution in [3.63, 3.8) is 0 Å². The van der Waals surface area contributed by atoms with E-state index in [0.29, 0.717) is 6.54 Å². The highest BCUT2D eigenvalue weighted by Crippen LogP contribution is 2.33. The number of pyridine rings is 1. The third-order valence-electron chi connectivity index (χ3n) is 2.90. The number of carbonyl (C=O) groups is 1. The van der Waals surface area contributed by atoms with Crippen LogP contribution in [0.3, 0.4) is 0 Å². The average Bonchev–Trinajstić information content (AvgIpc) is 2.38. The van der Waals surface area contributed by atoms with Crippen LogP contribution in [0, 0.1) is 6.92 Å². The molecule has 0 aliphatic carbocycles. The van der Waals surface area contributed by atoms with Gasteiger partial charge in [-0.05, 0) is 30.7 Å². The van der Waals surface area contributed by atoms with E-state index in [-0.39, 0.29) is 5.91 Å². The molecule has 1 aliphatic rings. The molecule has 18 heavy (non-hydrogen) atoms. The smallest absolute Gasteiger partial charge is 0.244 e. The predicted octanol–water partition coefficient (Wildman–Crippen LogP) is 2.48. The number of para-hydroxylation sites is 1. The van der Waals surface area contributed by atoms with Crippen molar-refractivity contribution in [2.24, 2.45) is 0 Å². The molecule has 0 radical (unpaired) electrons. The molecule has 1 aromatic carbocycles. The van der Waals surface area contributed by atoms with Gasteiger partial charge in [-0.15, -0.1) is 0 Å². The summed E-state index contributed by atoms with van der Waals surface area (Å²) in [7, 11) is 0. The summed E-state index contributed by atoms with van der Waals surface area (Å²) in [5.41, 5.74) is 2.78. The van der Waals surface area contributed by atoms with E-state index < -0.39 is 0 Å². The zero-order chi connectivity index (χ0) is 12.5. The lowest BCUT2D eigenvalue weighted by molar-refractivity contribution is -0.115. The number of nitrogens with one attached hydrogen (secondary N) is 1. The first-order chi connectivity index (χ1) is 8.74. The van der Waals surface area contributed by atoms with Crippen LogP contribution in [0.15, 0.2) is 42.6 Å². The molecule has 1 aliphatic heterocycles. The maximum atomic E-state index is 11.7. The van der Waals surface area contributed by atoms with Crippen molar-refractivity contribution in [2.45, 2.75) is 6.92 Å². The van der Waals surface area contributed by atoms with Crippen LogP contribution in [-0.4, -0.2) is 17.4 Å². The lowest BCUT2D eigenvalue weighted by Crippen LogP contribution is -2.35. The zero-order valence-corrected chi connectivity index (χ0v) is 10.1. The van der Waals surface area contributed by atoms with Gasteiger partial charge in [0.25, 0.3) is 0 Å². The number of hydrogen-bond donors (Lipinski definition) is 1. The van der Waals surface area contributed by atoms with E-state index in [0.717, 1.165) is 22.8 Å². The summed E-state index contributed by atoms with van der Waals surface area (Å²) < 4.78 is 0. The van der Waals surface area contributed by atoms with Gasteiger partial charge in [-0.3, -0.25) is 4.79 Å². The first kappa shape index (κ1) is 10.8. The van der Waals surface area contributed by atoms with E-state index in [1.807, 2.05) is 54.4 Å². The summed E-state index contributed by atoms with van der Waals surface area (Å²) in [6, 6.07) is 11.8. The molecule has 2 aromatic rings. The number of anilines is 3. The number of nitrogens with zero attached hydrogens (tertiary/aromatic N) is 2. The maximum Gasteiger partial charge on any atom is 0.244 e. The molecule has 0 fully saturated rings. The Morgan fingerprint density at radius 3 is 2.83 bits per heavy atom. The third-order valence-corrected chi connectivity index (χ3v) is 2.90. The van der Waals surface area contributed by atoms with Gasteiger partial charge in [0.05, 0.1) is 5.69 Å². The highest BCUT2D eigenvalue weighted by molar-refractivity contribution is 6.02. The minimum atomic E-state index is -0.0150. The highest BCUT2D eigenvalue weighted by atomic mass is 16.2. The van der Waals surface area contributed by atoms with Gasteiger partial charge in [0, 0.05) is 11.9 Å². The molecule has 90 valence electrons. The van der Waals surface area contributed by atoms with Crippen molar-refractivity contribution >= 4 is 23.1 Å². The minimum absolute atomic E-state index is 0.0150. The summed E-state index contributed by atoms with van der Waals surface area (Å²) in [4.78, 5) is 18.1. The molecule has 1 amide bonds. The molecule has 2 heterocycles. The van der Waals surface area contributed by atoms with E-state index in [2.05, 4.69) is 10.3 Å². The minimum Gasteiger partial charge on any atom is -0.321 e. The van der Waals surface area contributed by atoms with Gasteiger partial charge in [-0.25, -0.2) is 4.98 Å². The summed E-state index contributed by atoms with van der Waals surface area (Å²) >= 11 is 0. The van der Waals surface area contributed by atoms with Gasteiger partial charge < -0.3 is 10.2 Å². The van der Waals surface area contributed by atoms with Gasteiger partial charge in [0.1, 0.15) is 6.54 Å². The Labute approximate surface area is 105 Å². The van der Waals surface area contributed by atoms with Crippen LogP contribution in [0.2, 0.25) is 0 Å². The van der Waals surface area contributed by atoms with Crippen molar-refractivity contribution in [2.75, 3.05) is 16.8 Å². The SMILES string of the molecule is Cc1cnc2c(c1)NC(=O)CN2c1ccccc1. The summed E-state index contributed by atoms with van der Waals surface area (Å²) in [5.74, 6) is 0.783. The molecule has 3 rings (SSSR count). The number of aromatic nitrogens is 1. The lowest BCUT2D eigenvalue weighted by Gasteiger charge is -2.29. The number of aryl methyl sites for hydroxylation is 1. The Balaban J connectivity index is 2.10. The summed E-state index contributed by atoms with van der Waals surface area (Å²) in [6.07, 6.45) is 1.81. The monoisotopic (exact) mass is 239 g/mol. The first-order valence-electron chi connectivity index (χ1n) is 5.83. The number of benzene rings is 1. The van der Waals surface area contributed by atoms with E-state index in [4.69, 9.17) is 0 Å². The van der Waals surface area contributed by atoms with E-state index in [1.165, 1.54) is 0 Å². The Morgan fingerprint density at radius 1 is 1.28 bits per heavy atom. The molecule has 0 bridgehead atoms. The van der Waals surface area contributed by atoms with E-state index in [1.54, 1.807) is 0 Å². The lowest BCUT2D eigenvalue weighted by atomic mass is 10.2. The molecule has 0 unspecified atom stereocenters. The van der Waals surface area contributed by atoms with Gasteiger partial charge >= 0.3 is 0 Å². The second-order valence-corrected chi connectivity index (χ2v) is 4.35. The standard InChI is InChI=1S/C14H13N3O/c1-10-7-12-14(15-8-10)17(9-13(18)16-12)11-5-3-2-4-6-11/h2-8H,9H2,1H3,(H,16,18). The van der Waals surface area contributed by atoms with E-state index in [9.17, 15) is 4.79 Å². The normalized spacial score (nSPS) is 14.1. The van der Waals surface area contributed by atoms with Crippen molar-refractivity contribution in [3.8, 4) is 0 Å². The largest absolute Gasteiger partial charge is 0.321 e. The fraction of sp³-hybridized carbons (Fsp3) is 0.143. The molecule has 0 spiro atoms. The van der Waals surface area contributed by atoms with Crippen LogP contribution in [0.5, 0.6) is 0 Å². The third kappa shape index (κ3) is 1.82. The van der Waals surface area contributed by atoms with Gasteiger partial charge in [0.15, 0.2) is 5.82 Å². The van der Waals surface area contributed by atoms with Crippen molar-refractivity contribution in [1.82, 2.24) is 4.98 Å². The van der Waals surface area contributed by atoms with Crippen LogP contribution in [0.25, 0.3) is 0 Å². The van der Waals surface area contributed by atoms with Crippen LogP contribution in [0.4, 0.5) is 17.2 Å². The highest BCUT2D eigenvalue weighted by Gasteiger charge is 2.24. The van der Waals surface area contributed by atoms with Crippen LogP contribution in [0.1, 0.15) is 5.56 Å². The van der Waals surface area contributed by atoms with Crippen LogP contribution in [-0.2, 0) is 4.79 Å². The summed E-state index contributed by atoms with van der Waals surface area (Å²) in [5, 5.41) is 2.86. The number of rotatable bonds is 1. The molecule has 1 aromatic heterocycles. The van der Waals surface area contributed by atoms with Crippen molar-refractivity contribution in [1.29, 1.82) is 0 Å². The Kier molecular flexibility index (Phi) is 2.48. The van der Waals surface area contributed by atoms with Crippen molar-refractivity contribution < 1.29 is 4.79 Å². The Morgan fingerprint density at radius 2 is 2.06 bits per heavy atom. The summed E-state index contributed by atoms with van der Waals surface area (Å²) in [6.45, 7) is 2.26. The number of fused-ring (bicyclic) bond motifs is 1. The van der Waals surface area contributed by atoms with Gasteiger partial charge in [-0.2, -0.15) is 0 Å². The average molecular weight is 239 g/mol. The molecule has 0 saturated carbocycles. The fourth-order valence-corrected chi connectivity index (χ4v) is 2.10. The van der Waals surface area contributed by atoms with Crippen LogP contribution < -0.4 is 10.2 Å². The molecule has 1 N–H and O–H groups in total. The molecule has 0 atom stereocenters. The van der Waals surface area contributed by atoms with Crippen LogP contribution >= 0.6 is 0 Å². The second-order valence-electron chi connectivity index (χ2n) is 4.35. The number of carbonyl (C=O) groups excluding carboxylic acids is 1. The first-order valence-corrected chi connectivity index (χ1v) is 5.83. The molecule has 0 saturated heterocycles. The molecular weight excluding hydrogens is 226 g/mol. The predicted molar refractivity (Wildman–Crippen MR) is 71.1 cm³/mol. The second kappa shape index (κ2) is 4.14. The van der Waals surface area contributed by atoms with E-state index >= 15 is 0 Å². The van der Waals surface area contributed by atoms with Crippen molar-refractivity contribution in [3.05, 3.63) is 48.2 Å². The van der Waals surface area contributed by atoms with Gasteiger partial charge in [-0.1, -0.05) is 18.2 Å². The quantitative estimate of drug-likeness (QED) is 0.831. The Bertz CT molecular complexity index is 595. The van der Waals surface area contributed by atoms with Gasteiger partial charge in [0.2, 0.25) is 5.91 Å². The Hall–Kier alpha value is -2.36. The molecule has 4 heteroatoms. The fourth-order valence-electron chi connectivity index (χ4n) is 2.10. The topological polar surface area (TPSA) is 45.2 Å². The number of hydrogen-bond acceptors (Lipinski definition) is 3. The number of amides is 1. The molecule has 4 nitrogen and oxygen atoms in total. The molecular formula is C14H13N3O. The zero-order valence-electron chi connectivity index (χ0n) is 10.1. The maximum absolute atomic E-state index is 11.7.